The van der Waals surface area contributed by atoms with E-state index in [0.717, 1.165) is 0 Å². The summed E-state index contributed by atoms with van der Waals surface area (Å²) in [7, 11) is 3.21. The van der Waals surface area contributed by atoms with Gasteiger partial charge in [0.1, 0.15) is 17.4 Å². The number of hydrogen-bond acceptors (Lipinski definition) is 2. The number of halogens is 2. The van der Waals surface area contributed by atoms with Crippen LogP contribution in [0.3, 0.4) is 0 Å². The van der Waals surface area contributed by atoms with Gasteiger partial charge in [0.15, 0.2) is 0 Å². The maximum atomic E-state index is 14.2. The number of rotatable bonds is 4. The van der Waals surface area contributed by atoms with Crippen LogP contribution in [0, 0.1) is 29.4 Å². The second-order valence-corrected chi connectivity index (χ2v) is 5.96. The molecule has 1 aromatic carbocycles. The van der Waals surface area contributed by atoms with E-state index in [1.165, 1.54) is 44.9 Å². The van der Waals surface area contributed by atoms with Gasteiger partial charge in [0.05, 0.1) is 7.11 Å². The molecule has 1 N–H and O–H groups in total. The predicted molar refractivity (Wildman–Crippen MR) is 73.6 cm³/mol. The van der Waals surface area contributed by atoms with Crippen molar-refractivity contribution < 1.29 is 13.5 Å². The lowest BCUT2D eigenvalue weighted by Gasteiger charge is -2.19. The van der Waals surface area contributed by atoms with Gasteiger partial charge in [-0.3, -0.25) is 0 Å². The summed E-state index contributed by atoms with van der Waals surface area (Å²) in [4.78, 5) is 0. The zero-order valence-corrected chi connectivity index (χ0v) is 12.0. The zero-order chi connectivity index (χ0) is 14.3. The highest BCUT2D eigenvalue weighted by atomic mass is 19.1. The monoisotopic (exact) mass is 281 g/mol. The van der Waals surface area contributed by atoms with E-state index in [-0.39, 0.29) is 17.4 Å². The molecule has 2 saturated carbocycles. The van der Waals surface area contributed by atoms with Gasteiger partial charge in [0.2, 0.25) is 0 Å². The number of fused-ring (bicyclic) bond motifs is 1. The highest BCUT2D eigenvalue weighted by Crippen LogP contribution is 2.60. The SMILES string of the molecule is CNC(c1c(F)cc(OC)cc1F)C1C2CCCCC21. The molecule has 0 heterocycles. The molecule has 2 aliphatic carbocycles. The first-order valence-corrected chi connectivity index (χ1v) is 7.37. The molecule has 110 valence electrons. The van der Waals surface area contributed by atoms with Gasteiger partial charge in [-0.15, -0.1) is 0 Å². The Bertz CT molecular complexity index is 470. The average molecular weight is 281 g/mol. The molecule has 3 rings (SSSR count). The first-order valence-electron chi connectivity index (χ1n) is 7.37. The third kappa shape index (κ3) is 2.20. The lowest BCUT2D eigenvalue weighted by atomic mass is 9.98. The largest absolute Gasteiger partial charge is 0.497 e. The first-order chi connectivity index (χ1) is 9.67. The van der Waals surface area contributed by atoms with Gasteiger partial charge in [0.25, 0.3) is 0 Å². The molecule has 20 heavy (non-hydrogen) atoms. The smallest absolute Gasteiger partial charge is 0.134 e. The molecule has 0 bridgehead atoms. The van der Waals surface area contributed by atoms with E-state index in [1.54, 1.807) is 7.05 Å². The van der Waals surface area contributed by atoms with Crippen LogP contribution >= 0.6 is 0 Å². The molecule has 0 aliphatic heterocycles. The van der Waals surface area contributed by atoms with Gasteiger partial charge < -0.3 is 10.1 Å². The topological polar surface area (TPSA) is 21.3 Å². The molecule has 3 unspecified atom stereocenters. The maximum absolute atomic E-state index is 14.2. The van der Waals surface area contributed by atoms with Crippen LogP contribution in [-0.4, -0.2) is 14.2 Å². The number of benzene rings is 1. The van der Waals surface area contributed by atoms with Crippen LogP contribution in [0.1, 0.15) is 37.3 Å². The molecule has 2 fully saturated rings. The summed E-state index contributed by atoms with van der Waals surface area (Å²) in [5.41, 5.74) is 0.174. The van der Waals surface area contributed by atoms with E-state index in [9.17, 15) is 8.78 Å². The Labute approximate surface area is 118 Å². The second-order valence-electron chi connectivity index (χ2n) is 5.96. The Morgan fingerprint density at radius 1 is 1.15 bits per heavy atom. The quantitative estimate of drug-likeness (QED) is 0.909. The van der Waals surface area contributed by atoms with Crippen LogP contribution in [0.4, 0.5) is 8.78 Å². The molecule has 2 aliphatic rings. The van der Waals surface area contributed by atoms with Gasteiger partial charge in [-0.2, -0.15) is 0 Å². The third-order valence-corrected chi connectivity index (χ3v) is 5.02. The minimum absolute atomic E-state index is 0.174. The summed E-state index contributed by atoms with van der Waals surface area (Å²) < 4.78 is 33.4. The minimum Gasteiger partial charge on any atom is -0.497 e. The second kappa shape index (κ2) is 5.32. The Morgan fingerprint density at radius 3 is 2.15 bits per heavy atom. The van der Waals surface area contributed by atoms with Crippen LogP contribution in [-0.2, 0) is 0 Å². The van der Waals surface area contributed by atoms with Gasteiger partial charge in [-0.05, 0) is 37.6 Å². The highest BCUT2D eigenvalue weighted by molar-refractivity contribution is 5.34. The molecule has 4 heteroatoms. The summed E-state index contributed by atoms with van der Waals surface area (Å²) in [6.45, 7) is 0. The molecule has 0 spiro atoms. The molecule has 0 aromatic heterocycles. The lowest BCUT2D eigenvalue weighted by molar-refractivity contribution is 0.394. The van der Waals surface area contributed by atoms with Gasteiger partial charge in [-0.1, -0.05) is 12.8 Å². The van der Waals surface area contributed by atoms with Gasteiger partial charge in [0, 0.05) is 23.7 Å². The molecule has 2 nitrogen and oxygen atoms in total. The van der Waals surface area contributed by atoms with Crippen molar-refractivity contribution in [2.75, 3.05) is 14.2 Å². The Kier molecular flexibility index (Phi) is 3.67. The normalized spacial score (nSPS) is 29.7. The van der Waals surface area contributed by atoms with Crippen LogP contribution in [0.25, 0.3) is 0 Å². The van der Waals surface area contributed by atoms with Crippen molar-refractivity contribution in [2.45, 2.75) is 31.7 Å². The fourth-order valence-electron chi connectivity index (χ4n) is 4.05. The first kappa shape index (κ1) is 13.8. The van der Waals surface area contributed by atoms with Crippen LogP contribution in [0.2, 0.25) is 0 Å². The van der Waals surface area contributed by atoms with E-state index in [4.69, 9.17) is 4.74 Å². The maximum Gasteiger partial charge on any atom is 0.134 e. The van der Waals surface area contributed by atoms with Crippen molar-refractivity contribution in [1.29, 1.82) is 0 Å². The summed E-state index contributed by atoms with van der Waals surface area (Å²) in [5.74, 6) is 0.866. The van der Waals surface area contributed by atoms with Crippen molar-refractivity contribution in [3.8, 4) is 5.75 Å². The van der Waals surface area contributed by atoms with Gasteiger partial charge in [-0.25, -0.2) is 8.78 Å². The zero-order valence-electron chi connectivity index (χ0n) is 12.0. The van der Waals surface area contributed by atoms with E-state index >= 15 is 0 Å². The molecule has 3 atom stereocenters. The summed E-state index contributed by atoms with van der Waals surface area (Å²) in [5, 5.41) is 3.13. The summed E-state index contributed by atoms with van der Waals surface area (Å²) in [6, 6.07) is 2.32. The third-order valence-electron chi connectivity index (χ3n) is 5.02. The Hall–Kier alpha value is -1.16. The molecule has 1 aromatic rings. The number of hydrogen-bond donors (Lipinski definition) is 1. The summed E-state index contributed by atoms with van der Waals surface area (Å²) in [6.07, 6.45) is 4.91. The standard InChI is InChI=1S/C16H21F2NO/c1-19-16(14-10-5-3-4-6-11(10)14)15-12(17)7-9(20-2)8-13(15)18/h7-8,10-11,14,16,19H,3-6H2,1-2H3. The number of nitrogens with one attached hydrogen (secondary N) is 1. The Morgan fingerprint density at radius 2 is 1.70 bits per heavy atom. The fraction of sp³-hybridized carbons (Fsp3) is 0.625. The van der Waals surface area contributed by atoms with E-state index in [2.05, 4.69) is 5.32 Å². The van der Waals surface area contributed by atoms with E-state index < -0.39 is 11.6 Å². The van der Waals surface area contributed by atoms with Crippen molar-refractivity contribution in [3.05, 3.63) is 29.3 Å². The molecule has 0 saturated heterocycles. The molecule has 0 amide bonds. The highest BCUT2D eigenvalue weighted by Gasteiger charge is 2.54. The van der Waals surface area contributed by atoms with E-state index in [1.807, 2.05) is 0 Å². The number of methoxy groups -OCH3 is 1. The van der Waals surface area contributed by atoms with Crippen LogP contribution in [0.5, 0.6) is 5.75 Å². The van der Waals surface area contributed by atoms with E-state index in [0.29, 0.717) is 17.8 Å². The summed E-state index contributed by atoms with van der Waals surface area (Å²) >= 11 is 0. The molecule has 0 radical (unpaired) electrons. The Balaban J connectivity index is 1.90. The van der Waals surface area contributed by atoms with Crippen molar-refractivity contribution in [1.82, 2.24) is 5.32 Å². The average Bonchev–Trinajstić information content (AvgIpc) is 3.16. The molecular weight excluding hydrogens is 260 g/mol. The number of ether oxygens (including phenoxy) is 1. The van der Waals surface area contributed by atoms with Crippen LogP contribution in [0.15, 0.2) is 12.1 Å². The fourth-order valence-corrected chi connectivity index (χ4v) is 4.05. The molecular formula is C16H21F2NO. The lowest BCUT2D eigenvalue weighted by Crippen LogP contribution is -2.22. The van der Waals surface area contributed by atoms with Crippen molar-refractivity contribution in [3.63, 3.8) is 0 Å². The predicted octanol–water partition coefficient (Wildman–Crippen LogP) is 3.67. The van der Waals surface area contributed by atoms with Crippen LogP contribution < -0.4 is 10.1 Å². The van der Waals surface area contributed by atoms with Gasteiger partial charge >= 0.3 is 0 Å². The van der Waals surface area contributed by atoms with Crippen molar-refractivity contribution >= 4 is 0 Å². The van der Waals surface area contributed by atoms with Crippen molar-refractivity contribution in [2.24, 2.45) is 17.8 Å². The minimum atomic E-state index is -0.509.